The third kappa shape index (κ3) is 3.10. The van der Waals surface area contributed by atoms with Gasteiger partial charge in [-0.3, -0.25) is 4.79 Å². The average molecular weight is 231 g/mol. The number of rotatable bonds is 1. The summed E-state index contributed by atoms with van der Waals surface area (Å²) in [7, 11) is 0. The molecular weight excluding hydrogens is 214 g/mol. The molecule has 1 aliphatic rings. The molecule has 0 saturated carbocycles. The lowest BCUT2D eigenvalue weighted by atomic mass is 10.1. The van der Waals surface area contributed by atoms with Gasteiger partial charge in [-0.1, -0.05) is 0 Å². The summed E-state index contributed by atoms with van der Waals surface area (Å²) in [6, 6.07) is 0. The van der Waals surface area contributed by atoms with Gasteiger partial charge in [0, 0.05) is 6.54 Å². The van der Waals surface area contributed by atoms with Gasteiger partial charge in [0.15, 0.2) is 0 Å². The van der Waals surface area contributed by atoms with E-state index in [1.807, 2.05) is 0 Å². The highest BCUT2D eigenvalue weighted by Gasteiger charge is 2.40. The number of carboxylic acids is 1. The third-order valence-corrected chi connectivity index (χ3v) is 2.26. The summed E-state index contributed by atoms with van der Waals surface area (Å²) in [5.74, 6) is -2.02. The number of aliphatic hydroxyl groups excluding tert-OH is 1. The Balaban J connectivity index is 2.58. The van der Waals surface area contributed by atoms with Crippen LogP contribution in [-0.4, -0.2) is 52.0 Å². The Bertz CT molecular complexity index is 296. The highest BCUT2D eigenvalue weighted by molar-refractivity contribution is 5.75. The second kappa shape index (κ2) is 4.29. The minimum Gasteiger partial charge on any atom is -0.481 e. The molecule has 0 aliphatic carbocycles. The topological polar surface area (TPSA) is 87.1 Å². The van der Waals surface area contributed by atoms with Crippen molar-refractivity contribution in [1.29, 1.82) is 0 Å². The van der Waals surface area contributed by atoms with Crippen LogP contribution in [0.5, 0.6) is 0 Å². The smallest absolute Gasteiger partial charge is 0.410 e. The van der Waals surface area contributed by atoms with Crippen molar-refractivity contribution < 1.29 is 24.5 Å². The number of nitrogens with zero attached hydrogens (tertiary/aromatic N) is 1. The second-order valence-corrected chi connectivity index (χ2v) is 4.90. The summed E-state index contributed by atoms with van der Waals surface area (Å²) >= 11 is 0. The maximum atomic E-state index is 11.6. The van der Waals surface area contributed by atoms with Crippen molar-refractivity contribution in [3.63, 3.8) is 0 Å². The summed E-state index contributed by atoms with van der Waals surface area (Å²) in [6.45, 7) is 5.18. The Labute approximate surface area is 93.8 Å². The minimum atomic E-state index is -1.10. The van der Waals surface area contributed by atoms with Crippen LogP contribution in [0.25, 0.3) is 0 Å². The van der Waals surface area contributed by atoms with Gasteiger partial charge < -0.3 is 19.8 Å². The predicted molar refractivity (Wildman–Crippen MR) is 54.9 cm³/mol. The van der Waals surface area contributed by atoms with Crippen LogP contribution in [0.4, 0.5) is 4.79 Å². The van der Waals surface area contributed by atoms with Gasteiger partial charge in [0.1, 0.15) is 11.5 Å². The van der Waals surface area contributed by atoms with Crippen molar-refractivity contribution >= 4 is 12.1 Å². The molecule has 92 valence electrons. The van der Waals surface area contributed by atoms with Gasteiger partial charge in [0.05, 0.1) is 12.6 Å². The summed E-state index contributed by atoms with van der Waals surface area (Å²) in [4.78, 5) is 23.5. The molecule has 2 atom stereocenters. The van der Waals surface area contributed by atoms with E-state index >= 15 is 0 Å². The van der Waals surface area contributed by atoms with Crippen LogP contribution < -0.4 is 0 Å². The number of aliphatic hydroxyl groups is 1. The molecule has 0 aromatic rings. The zero-order valence-electron chi connectivity index (χ0n) is 9.64. The highest BCUT2D eigenvalue weighted by Crippen LogP contribution is 2.20. The van der Waals surface area contributed by atoms with Crippen LogP contribution >= 0.6 is 0 Å². The van der Waals surface area contributed by atoms with Crippen molar-refractivity contribution in [3.05, 3.63) is 0 Å². The van der Waals surface area contributed by atoms with Crippen molar-refractivity contribution in [2.45, 2.75) is 32.5 Å². The molecule has 1 fully saturated rings. The minimum absolute atomic E-state index is 0.00583. The molecule has 0 unspecified atom stereocenters. The van der Waals surface area contributed by atoms with Crippen LogP contribution in [0, 0.1) is 5.92 Å². The summed E-state index contributed by atoms with van der Waals surface area (Å²) < 4.78 is 5.08. The van der Waals surface area contributed by atoms with Crippen LogP contribution in [0.1, 0.15) is 20.8 Å². The van der Waals surface area contributed by atoms with Crippen molar-refractivity contribution in [2.75, 3.05) is 13.1 Å². The Morgan fingerprint density at radius 3 is 2.25 bits per heavy atom. The standard InChI is InChI=1S/C10H17NO5/c1-10(2,3)16-9(15)11-4-6(8(13)14)7(12)5-11/h6-7,12H,4-5H2,1-3H3,(H,13,14)/t6-,7-/m0/s1. The number of carbonyl (C=O) groups is 2. The van der Waals surface area contributed by atoms with Crippen molar-refractivity contribution in [2.24, 2.45) is 5.92 Å². The largest absolute Gasteiger partial charge is 0.481 e. The van der Waals surface area contributed by atoms with Crippen molar-refractivity contribution in [1.82, 2.24) is 4.90 Å². The van der Waals surface area contributed by atoms with E-state index in [-0.39, 0.29) is 13.1 Å². The molecule has 0 aromatic heterocycles. The van der Waals surface area contributed by atoms with Crippen LogP contribution in [0.2, 0.25) is 0 Å². The van der Waals surface area contributed by atoms with Gasteiger partial charge in [-0.2, -0.15) is 0 Å². The quantitative estimate of drug-likeness (QED) is 0.677. The number of amides is 1. The monoisotopic (exact) mass is 231 g/mol. The first-order valence-electron chi connectivity index (χ1n) is 5.09. The number of β-amino-alcohol motifs (C(OH)–C–C–N with tert-alkyl or cyclic N) is 1. The number of carboxylic acid groups (broad SMARTS) is 1. The normalized spacial score (nSPS) is 25.6. The maximum absolute atomic E-state index is 11.6. The Morgan fingerprint density at radius 2 is 1.88 bits per heavy atom. The van der Waals surface area contributed by atoms with E-state index in [0.717, 1.165) is 0 Å². The number of aliphatic carboxylic acids is 1. The SMILES string of the molecule is CC(C)(C)OC(=O)N1C[C@H](C(=O)O)[C@@H](O)C1. The fourth-order valence-corrected chi connectivity index (χ4v) is 1.50. The fourth-order valence-electron chi connectivity index (χ4n) is 1.50. The van der Waals surface area contributed by atoms with E-state index in [9.17, 15) is 14.7 Å². The van der Waals surface area contributed by atoms with Gasteiger partial charge in [-0.25, -0.2) is 4.79 Å². The first-order chi connectivity index (χ1) is 7.20. The number of carbonyl (C=O) groups excluding carboxylic acids is 1. The van der Waals surface area contributed by atoms with Gasteiger partial charge in [0.25, 0.3) is 0 Å². The van der Waals surface area contributed by atoms with Crippen LogP contribution in [0.15, 0.2) is 0 Å². The highest BCUT2D eigenvalue weighted by atomic mass is 16.6. The van der Waals surface area contributed by atoms with Crippen molar-refractivity contribution in [3.8, 4) is 0 Å². The van der Waals surface area contributed by atoms with E-state index < -0.39 is 29.7 Å². The van der Waals surface area contributed by atoms with E-state index in [2.05, 4.69) is 0 Å². The molecule has 0 spiro atoms. The lowest BCUT2D eigenvalue weighted by Crippen LogP contribution is -2.36. The molecule has 1 saturated heterocycles. The Hall–Kier alpha value is -1.30. The predicted octanol–water partition coefficient (Wildman–Crippen LogP) is 0.299. The van der Waals surface area contributed by atoms with Gasteiger partial charge in [-0.15, -0.1) is 0 Å². The molecule has 1 heterocycles. The summed E-state index contributed by atoms with van der Waals surface area (Å²) in [5.41, 5.74) is -0.622. The third-order valence-electron chi connectivity index (χ3n) is 2.26. The zero-order chi connectivity index (χ0) is 12.5. The van der Waals surface area contributed by atoms with Crippen LogP contribution in [-0.2, 0) is 9.53 Å². The maximum Gasteiger partial charge on any atom is 0.410 e. The van der Waals surface area contributed by atoms with Crippen LogP contribution in [0.3, 0.4) is 0 Å². The number of ether oxygens (including phenoxy) is 1. The fraction of sp³-hybridized carbons (Fsp3) is 0.800. The molecule has 0 aromatic carbocycles. The summed E-state index contributed by atoms with van der Waals surface area (Å²) in [6.07, 6.45) is -1.61. The molecule has 0 bridgehead atoms. The number of hydrogen-bond acceptors (Lipinski definition) is 4. The molecule has 1 aliphatic heterocycles. The molecule has 16 heavy (non-hydrogen) atoms. The Morgan fingerprint density at radius 1 is 1.31 bits per heavy atom. The molecule has 1 amide bonds. The molecular formula is C10H17NO5. The van der Waals surface area contributed by atoms with Gasteiger partial charge in [-0.05, 0) is 20.8 Å². The molecule has 1 rings (SSSR count). The molecule has 2 N–H and O–H groups in total. The molecule has 0 radical (unpaired) electrons. The van der Waals surface area contributed by atoms with Gasteiger partial charge >= 0.3 is 12.1 Å². The van der Waals surface area contributed by atoms with E-state index in [0.29, 0.717) is 0 Å². The Kier molecular flexibility index (Phi) is 3.42. The lowest BCUT2D eigenvalue weighted by molar-refractivity contribution is -0.143. The van der Waals surface area contributed by atoms with E-state index in [1.165, 1.54) is 4.90 Å². The number of hydrogen-bond donors (Lipinski definition) is 2. The first kappa shape index (κ1) is 12.8. The average Bonchev–Trinajstić information content (AvgIpc) is 2.44. The first-order valence-corrected chi connectivity index (χ1v) is 5.09. The second-order valence-electron chi connectivity index (χ2n) is 4.90. The van der Waals surface area contributed by atoms with E-state index in [1.54, 1.807) is 20.8 Å². The van der Waals surface area contributed by atoms with E-state index in [4.69, 9.17) is 9.84 Å². The summed E-state index contributed by atoms with van der Waals surface area (Å²) in [5, 5.41) is 18.2. The molecule has 6 heteroatoms. The van der Waals surface area contributed by atoms with Gasteiger partial charge in [0.2, 0.25) is 0 Å². The molecule has 6 nitrogen and oxygen atoms in total. The lowest BCUT2D eigenvalue weighted by Gasteiger charge is -2.24. The zero-order valence-corrected chi connectivity index (χ0v) is 9.64. The number of likely N-dealkylation sites (tertiary alicyclic amines) is 1.